The van der Waals surface area contributed by atoms with Gasteiger partial charge in [-0.3, -0.25) is 9.89 Å². The van der Waals surface area contributed by atoms with Gasteiger partial charge in [-0.1, -0.05) is 30.3 Å². The van der Waals surface area contributed by atoms with E-state index in [-0.39, 0.29) is 11.9 Å². The quantitative estimate of drug-likeness (QED) is 0.433. The summed E-state index contributed by atoms with van der Waals surface area (Å²) >= 11 is 0. The number of carbonyl (C=O) groups is 1. The number of amides is 1. The van der Waals surface area contributed by atoms with Crippen LogP contribution in [0.4, 0.5) is 0 Å². The third-order valence-electron chi connectivity index (χ3n) is 6.34. The number of hydrogen-bond acceptors (Lipinski definition) is 4. The van der Waals surface area contributed by atoms with Crippen molar-refractivity contribution in [3.05, 3.63) is 84.1 Å². The van der Waals surface area contributed by atoms with Crippen LogP contribution in [0.3, 0.4) is 0 Å². The largest absolute Gasteiger partial charge is 0.497 e. The summed E-state index contributed by atoms with van der Waals surface area (Å²) in [5, 5.41) is 11.4. The van der Waals surface area contributed by atoms with Gasteiger partial charge in [0.1, 0.15) is 5.75 Å². The number of aromatic amines is 1. The molecule has 168 valence electrons. The van der Waals surface area contributed by atoms with Gasteiger partial charge in [0.2, 0.25) is 0 Å². The van der Waals surface area contributed by atoms with Crippen molar-refractivity contribution in [1.82, 2.24) is 20.4 Å². The number of hydrogen-bond donors (Lipinski definition) is 2. The van der Waals surface area contributed by atoms with Crippen molar-refractivity contribution in [3.8, 4) is 16.9 Å². The number of methoxy groups -OCH3 is 1. The molecule has 0 spiro atoms. The maximum absolute atomic E-state index is 13.3. The number of ether oxygens (including phenoxy) is 1. The molecule has 4 aromatic rings. The fourth-order valence-corrected chi connectivity index (χ4v) is 4.52. The van der Waals surface area contributed by atoms with Crippen LogP contribution in [0, 0.1) is 0 Å². The van der Waals surface area contributed by atoms with Gasteiger partial charge in [0.15, 0.2) is 0 Å². The van der Waals surface area contributed by atoms with Gasteiger partial charge in [-0.15, -0.1) is 0 Å². The summed E-state index contributed by atoms with van der Waals surface area (Å²) in [7, 11) is 1.67. The van der Waals surface area contributed by atoms with Gasteiger partial charge in [-0.25, -0.2) is 0 Å². The van der Waals surface area contributed by atoms with Crippen LogP contribution in [0.25, 0.3) is 22.0 Å². The second-order valence-corrected chi connectivity index (χ2v) is 8.56. The molecule has 33 heavy (non-hydrogen) atoms. The van der Waals surface area contributed by atoms with Gasteiger partial charge >= 0.3 is 0 Å². The number of rotatable bonds is 7. The first-order valence-corrected chi connectivity index (χ1v) is 11.4. The molecule has 1 aromatic heterocycles. The molecule has 0 radical (unpaired) electrons. The van der Waals surface area contributed by atoms with Crippen molar-refractivity contribution in [2.24, 2.45) is 0 Å². The van der Waals surface area contributed by atoms with Gasteiger partial charge in [-0.05, 0) is 79.0 Å². The number of aromatic nitrogens is 2. The standard InChI is InChI=1S/C27H28N4O2/c1-33-24-9-5-7-21(16-24)26(18-31-12-2-3-13-31)29-27(32)22-8-4-6-19(14-22)20-10-11-25-23(15-20)17-28-30-25/h4-11,14-17,26H,2-3,12-13,18H2,1H3,(H,28,30)(H,29,32). The lowest BCUT2D eigenvalue weighted by atomic mass is 10.0. The van der Waals surface area contributed by atoms with E-state index in [1.165, 1.54) is 12.8 Å². The lowest BCUT2D eigenvalue weighted by Crippen LogP contribution is -2.37. The Morgan fingerprint density at radius 1 is 1.06 bits per heavy atom. The monoisotopic (exact) mass is 440 g/mol. The van der Waals surface area contributed by atoms with Crippen LogP contribution in [0.1, 0.15) is 34.8 Å². The molecule has 0 bridgehead atoms. The first kappa shape index (κ1) is 21.2. The fourth-order valence-electron chi connectivity index (χ4n) is 4.52. The zero-order chi connectivity index (χ0) is 22.6. The fraction of sp³-hybridized carbons (Fsp3) is 0.259. The first-order chi connectivity index (χ1) is 16.2. The molecular weight excluding hydrogens is 412 g/mol. The molecule has 1 aliphatic rings. The van der Waals surface area contributed by atoms with E-state index in [0.29, 0.717) is 5.56 Å². The van der Waals surface area contributed by atoms with E-state index < -0.39 is 0 Å². The number of H-pyrrole nitrogens is 1. The number of nitrogens with zero attached hydrogens (tertiary/aromatic N) is 2. The predicted molar refractivity (Wildman–Crippen MR) is 130 cm³/mol. The number of fused-ring (bicyclic) bond motifs is 1. The van der Waals surface area contributed by atoms with Crippen molar-refractivity contribution in [1.29, 1.82) is 0 Å². The maximum atomic E-state index is 13.3. The SMILES string of the molecule is COc1cccc(C(CN2CCCC2)NC(=O)c2cccc(-c3ccc4[nH]ncc4c3)c2)c1. The highest BCUT2D eigenvalue weighted by Gasteiger charge is 2.22. The Labute approximate surface area is 193 Å². The summed E-state index contributed by atoms with van der Waals surface area (Å²) in [6.45, 7) is 2.93. The number of nitrogens with one attached hydrogen (secondary N) is 2. The normalized spacial score (nSPS) is 14.9. The van der Waals surface area contributed by atoms with E-state index in [4.69, 9.17) is 4.74 Å². The smallest absolute Gasteiger partial charge is 0.251 e. The topological polar surface area (TPSA) is 70.2 Å². The molecule has 1 amide bonds. The van der Waals surface area contributed by atoms with E-state index in [1.54, 1.807) is 7.11 Å². The van der Waals surface area contributed by atoms with Crippen LogP contribution in [-0.2, 0) is 0 Å². The summed E-state index contributed by atoms with van der Waals surface area (Å²) < 4.78 is 5.42. The van der Waals surface area contributed by atoms with E-state index in [2.05, 4.69) is 32.5 Å². The molecular formula is C27H28N4O2. The Hall–Kier alpha value is -3.64. The van der Waals surface area contributed by atoms with Crippen molar-refractivity contribution in [3.63, 3.8) is 0 Å². The van der Waals surface area contributed by atoms with Crippen molar-refractivity contribution in [2.75, 3.05) is 26.7 Å². The molecule has 1 unspecified atom stereocenters. The average Bonchev–Trinajstić information content (AvgIpc) is 3.55. The second kappa shape index (κ2) is 9.46. The Kier molecular flexibility index (Phi) is 6.09. The molecule has 0 aliphatic carbocycles. The van der Waals surface area contributed by atoms with Crippen LogP contribution in [0.15, 0.2) is 72.9 Å². The van der Waals surface area contributed by atoms with E-state index >= 15 is 0 Å². The highest BCUT2D eigenvalue weighted by molar-refractivity contribution is 5.96. The molecule has 1 fully saturated rings. The van der Waals surface area contributed by atoms with Crippen molar-refractivity contribution >= 4 is 16.8 Å². The summed E-state index contributed by atoms with van der Waals surface area (Å²) in [6, 6.07) is 21.8. The van der Waals surface area contributed by atoms with Gasteiger partial charge in [0, 0.05) is 17.5 Å². The maximum Gasteiger partial charge on any atom is 0.251 e. The van der Waals surface area contributed by atoms with Crippen LogP contribution in [0.5, 0.6) is 5.75 Å². The average molecular weight is 441 g/mol. The minimum absolute atomic E-state index is 0.0757. The molecule has 5 rings (SSSR count). The number of benzene rings is 3. The minimum Gasteiger partial charge on any atom is -0.497 e. The van der Waals surface area contributed by atoms with Crippen molar-refractivity contribution in [2.45, 2.75) is 18.9 Å². The molecule has 6 nitrogen and oxygen atoms in total. The summed E-state index contributed by atoms with van der Waals surface area (Å²) in [6.07, 6.45) is 4.23. The van der Waals surface area contributed by atoms with Crippen LogP contribution < -0.4 is 10.1 Å². The summed E-state index contributed by atoms with van der Waals surface area (Å²) in [5.74, 6) is 0.720. The van der Waals surface area contributed by atoms with Crippen LogP contribution in [-0.4, -0.2) is 47.7 Å². The molecule has 2 N–H and O–H groups in total. The van der Waals surface area contributed by atoms with E-state index in [0.717, 1.165) is 53.0 Å². The van der Waals surface area contributed by atoms with Gasteiger partial charge in [0.05, 0.1) is 24.9 Å². The highest BCUT2D eigenvalue weighted by Crippen LogP contribution is 2.26. The Bertz CT molecular complexity index is 1260. The minimum atomic E-state index is -0.114. The zero-order valence-corrected chi connectivity index (χ0v) is 18.8. The highest BCUT2D eigenvalue weighted by atomic mass is 16.5. The Morgan fingerprint density at radius 2 is 1.88 bits per heavy atom. The second-order valence-electron chi connectivity index (χ2n) is 8.56. The third kappa shape index (κ3) is 4.76. The van der Waals surface area contributed by atoms with E-state index in [9.17, 15) is 4.79 Å². The molecule has 3 aromatic carbocycles. The Morgan fingerprint density at radius 3 is 2.73 bits per heavy atom. The number of carbonyl (C=O) groups excluding carboxylic acids is 1. The van der Waals surface area contributed by atoms with Crippen LogP contribution >= 0.6 is 0 Å². The first-order valence-electron chi connectivity index (χ1n) is 11.4. The molecule has 1 atom stereocenters. The number of likely N-dealkylation sites (tertiary alicyclic amines) is 1. The molecule has 6 heteroatoms. The summed E-state index contributed by atoms with van der Waals surface area (Å²) in [4.78, 5) is 15.8. The third-order valence-corrected chi connectivity index (χ3v) is 6.34. The van der Waals surface area contributed by atoms with E-state index in [1.807, 2.05) is 60.8 Å². The molecule has 0 saturated carbocycles. The molecule has 1 aliphatic heterocycles. The van der Waals surface area contributed by atoms with Gasteiger partial charge in [-0.2, -0.15) is 5.10 Å². The van der Waals surface area contributed by atoms with Gasteiger partial charge < -0.3 is 15.0 Å². The van der Waals surface area contributed by atoms with Crippen molar-refractivity contribution < 1.29 is 9.53 Å². The Balaban J connectivity index is 1.39. The predicted octanol–water partition coefficient (Wildman–Crippen LogP) is 4.81. The molecule has 2 heterocycles. The lowest BCUT2D eigenvalue weighted by molar-refractivity contribution is 0.0927. The van der Waals surface area contributed by atoms with Gasteiger partial charge in [0.25, 0.3) is 5.91 Å². The lowest BCUT2D eigenvalue weighted by Gasteiger charge is -2.25. The van der Waals surface area contributed by atoms with Crippen LogP contribution in [0.2, 0.25) is 0 Å². The zero-order valence-electron chi connectivity index (χ0n) is 18.8. The summed E-state index contributed by atoms with van der Waals surface area (Å²) in [5.41, 5.74) is 4.75. The molecule has 1 saturated heterocycles.